The Balaban J connectivity index is 2.45. The van der Waals surface area contributed by atoms with Crippen molar-refractivity contribution in [2.45, 2.75) is 6.42 Å². The Morgan fingerprint density at radius 2 is 2.06 bits per heavy atom. The molecule has 0 unspecified atom stereocenters. The molecule has 4 nitrogen and oxygen atoms in total. The summed E-state index contributed by atoms with van der Waals surface area (Å²) >= 11 is 0. The van der Waals surface area contributed by atoms with Crippen molar-refractivity contribution in [1.29, 1.82) is 0 Å². The fourth-order valence-corrected chi connectivity index (χ4v) is 1.77. The van der Waals surface area contributed by atoms with E-state index in [1.165, 1.54) is 0 Å². The molecule has 0 fully saturated rings. The number of ketones is 1. The van der Waals surface area contributed by atoms with Gasteiger partial charge in [-0.05, 0) is 17.7 Å². The number of hydrogen-bond acceptors (Lipinski definition) is 2. The first-order chi connectivity index (χ1) is 7.59. The molecule has 16 heavy (non-hydrogen) atoms. The molecular formula is C12H11NO3. The molecule has 82 valence electrons. The third kappa shape index (κ3) is 1.69. The minimum absolute atomic E-state index is 0.0588. The maximum absolute atomic E-state index is 11.2. The molecular weight excluding hydrogens is 206 g/mol. The quantitative estimate of drug-likeness (QED) is 0.790. The number of nitrogens with zero attached hydrogens (tertiary/aromatic N) is 1. The summed E-state index contributed by atoms with van der Waals surface area (Å²) in [6, 6.07) is 7.43. The van der Waals surface area contributed by atoms with Crippen LogP contribution in [0.5, 0.6) is 0 Å². The Labute approximate surface area is 92.1 Å². The Morgan fingerprint density at radius 3 is 2.75 bits per heavy atom. The Hall–Kier alpha value is -2.10. The van der Waals surface area contributed by atoms with Crippen LogP contribution in [0.4, 0.5) is 0 Å². The number of Topliss-reactive ketones (excluding diaryl/α,β-unsaturated/α-hetero) is 1. The van der Waals surface area contributed by atoms with Crippen LogP contribution in [0.15, 0.2) is 30.5 Å². The zero-order valence-corrected chi connectivity index (χ0v) is 8.80. The van der Waals surface area contributed by atoms with E-state index in [0.29, 0.717) is 0 Å². The van der Waals surface area contributed by atoms with E-state index < -0.39 is 11.8 Å². The SMILES string of the molecule is Cn1ccc2c(CC(=O)C(=O)O)cccc21. The van der Waals surface area contributed by atoms with Crippen molar-refractivity contribution in [3.63, 3.8) is 0 Å². The number of aliphatic carboxylic acids is 1. The Kier molecular flexibility index (Phi) is 2.48. The topological polar surface area (TPSA) is 59.3 Å². The Morgan fingerprint density at radius 1 is 1.31 bits per heavy atom. The van der Waals surface area contributed by atoms with Crippen LogP contribution in [0.3, 0.4) is 0 Å². The molecule has 0 aliphatic heterocycles. The predicted octanol–water partition coefficient (Wildman–Crippen LogP) is 1.37. The molecule has 0 bridgehead atoms. The lowest BCUT2D eigenvalue weighted by Crippen LogP contribution is -2.15. The molecule has 1 N–H and O–H groups in total. The molecule has 0 radical (unpaired) electrons. The zero-order chi connectivity index (χ0) is 11.7. The van der Waals surface area contributed by atoms with Crippen LogP contribution in [0.25, 0.3) is 10.9 Å². The maximum atomic E-state index is 11.2. The van der Waals surface area contributed by atoms with E-state index in [1.807, 2.05) is 36.0 Å². The molecule has 0 aliphatic carbocycles. The molecule has 2 rings (SSSR count). The number of rotatable bonds is 3. The fourth-order valence-electron chi connectivity index (χ4n) is 1.77. The highest BCUT2D eigenvalue weighted by atomic mass is 16.4. The second-order valence-corrected chi connectivity index (χ2v) is 3.68. The monoisotopic (exact) mass is 217 g/mol. The van der Waals surface area contributed by atoms with Gasteiger partial charge in [-0.15, -0.1) is 0 Å². The standard InChI is InChI=1S/C12H11NO3/c1-13-6-5-9-8(3-2-4-10(9)13)7-11(14)12(15)16/h2-6H,7H2,1H3,(H,15,16). The number of aryl methyl sites for hydroxylation is 1. The third-order valence-electron chi connectivity index (χ3n) is 2.61. The van der Waals surface area contributed by atoms with Crippen molar-refractivity contribution in [2.75, 3.05) is 0 Å². The maximum Gasteiger partial charge on any atom is 0.372 e. The van der Waals surface area contributed by atoms with Gasteiger partial charge in [-0.1, -0.05) is 12.1 Å². The van der Waals surface area contributed by atoms with Crippen molar-refractivity contribution < 1.29 is 14.7 Å². The van der Waals surface area contributed by atoms with Gasteiger partial charge in [0, 0.05) is 30.6 Å². The first kappa shape index (κ1) is 10.4. The zero-order valence-electron chi connectivity index (χ0n) is 8.80. The van der Waals surface area contributed by atoms with E-state index in [4.69, 9.17) is 5.11 Å². The number of aromatic nitrogens is 1. The normalized spacial score (nSPS) is 10.6. The molecule has 0 saturated heterocycles. The van der Waals surface area contributed by atoms with Gasteiger partial charge < -0.3 is 9.67 Å². The lowest BCUT2D eigenvalue weighted by atomic mass is 10.0. The number of carbonyl (C=O) groups is 2. The van der Waals surface area contributed by atoms with Crippen molar-refractivity contribution in [1.82, 2.24) is 4.57 Å². The van der Waals surface area contributed by atoms with E-state index >= 15 is 0 Å². The van der Waals surface area contributed by atoms with Crippen LogP contribution in [0.2, 0.25) is 0 Å². The highest BCUT2D eigenvalue weighted by Gasteiger charge is 2.14. The second kappa shape index (κ2) is 3.81. The van der Waals surface area contributed by atoms with Gasteiger partial charge in [0.2, 0.25) is 5.78 Å². The van der Waals surface area contributed by atoms with Gasteiger partial charge in [-0.2, -0.15) is 0 Å². The van der Waals surface area contributed by atoms with Gasteiger partial charge >= 0.3 is 5.97 Å². The van der Waals surface area contributed by atoms with Crippen LogP contribution in [0.1, 0.15) is 5.56 Å². The van der Waals surface area contributed by atoms with E-state index in [1.54, 1.807) is 6.07 Å². The Bertz CT molecular complexity index is 569. The number of carboxylic acid groups (broad SMARTS) is 1. The summed E-state index contributed by atoms with van der Waals surface area (Å²) in [4.78, 5) is 21.6. The molecule has 0 amide bonds. The van der Waals surface area contributed by atoms with Gasteiger partial charge in [-0.25, -0.2) is 4.79 Å². The van der Waals surface area contributed by atoms with Crippen LogP contribution >= 0.6 is 0 Å². The molecule has 0 atom stereocenters. The number of benzene rings is 1. The lowest BCUT2D eigenvalue weighted by molar-refractivity contribution is -0.148. The van der Waals surface area contributed by atoms with E-state index in [2.05, 4.69) is 0 Å². The summed E-state index contributed by atoms with van der Waals surface area (Å²) in [5.41, 5.74) is 1.75. The van der Waals surface area contributed by atoms with Gasteiger partial charge in [0.15, 0.2) is 0 Å². The average molecular weight is 217 g/mol. The van der Waals surface area contributed by atoms with Crippen molar-refractivity contribution in [2.24, 2.45) is 7.05 Å². The van der Waals surface area contributed by atoms with Crippen LogP contribution in [0, 0.1) is 0 Å². The number of hydrogen-bond donors (Lipinski definition) is 1. The number of carboxylic acids is 1. The smallest absolute Gasteiger partial charge is 0.372 e. The molecule has 1 heterocycles. The van der Waals surface area contributed by atoms with E-state index in [0.717, 1.165) is 16.5 Å². The highest BCUT2D eigenvalue weighted by Crippen LogP contribution is 2.19. The van der Waals surface area contributed by atoms with Crippen LogP contribution in [-0.4, -0.2) is 21.4 Å². The second-order valence-electron chi connectivity index (χ2n) is 3.68. The summed E-state index contributed by atoms with van der Waals surface area (Å²) in [5, 5.41) is 9.50. The third-order valence-corrected chi connectivity index (χ3v) is 2.61. The summed E-state index contributed by atoms with van der Waals surface area (Å²) in [7, 11) is 1.91. The number of carbonyl (C=O) groups excluding carboxylic acids is 1. The predicted molar refractivity (Wildman–Crippen MR) is 59.3 cm³/mol. The van der Waals surface area contributed by atoms with Crippen molar-refractivity contribution >= 4 is 22.7 Å². The van der Waals surface area contributed by atoms with Gasteiger partial charge in [0.1, 0.15) is 0 Å². The molecule has 4 heteroatoms. The lowest BCUT2D eigenvalue weighted by Gasteiger charge is -2.01. The molecule has 1 aromatic carbocycles. The molecule has 0 spiro atoms. The molecule has 0 saturated carbocycles. The van der Waals surface area contributed by atoms with Gasteiger partial charge in [0.25, 0.3) is 0 Å². The van der Waals surface area contributed by atoms with Gasteiger partial charge in [0.05, 0.1) is 0 Å². The molecule has 2 aromatic rings. The summed E-state index contributed by atoms with van der Waals surface area (Å²) < 4.78 is 1.93. The first-order valence-corrected chi connectivity index (χ1v) is 4.88. The van der Waals surface area contributed by atoms with E-state index in [-0.39, 0.29) is 6.42 Å². The highest BCUT2D eigenvalue weighted by molar-refractivity contribution is 6.33. The number of fused-ring (bicyclic) bond motifs is 1. The van der Waals surface area contributed by atoms with E-state index in [9.17, 15) is 9.59 Å². The van der Waals surface area contributed by atoms with Crippen molar-refractivity contribution in [3.8, 4) is 0 Å². The minimum Gasteiger partial charge on any atom is -0.475 e. The molecule has 0 aliphatic rings. The summed E-state index contributed by atoms with van der Waals surface area (Å²) in [6.07, 6.45) is 1.83. The summed E-state index contributed by atoms with van der Waals surface area (Å²) in [5.74, 6) is -2.16. The fraction of sp³-hybridized carbons (Fsp3) is 0.167. The van der Waals surface area contributed by atoms with Crippen LogP contribution in [-0.2, 0) is 23.1 Å². The van der Waals surface area contributed by atoms with Crippen LogP contribution < -0.4 is 0 Å². The minimum atomic E-state index is -1.38. The first-order valence-electron chi connectivity index (χ1n) is 4.88. The summed E-state index contributed by atoms with van der Waals surface area (Å²) in [6.45, 7) is 0. The molecule has 1 aromatic heterocycles. The largest absolute Gasteiger partial charge is 0.475 e. The van der Waals surface area contributed by atoms with Gasteiger partial charge in [-0.3, -0.25) is 4.79 Å². The average Bonchev–Trinajstić information content (AvgIpc) is 2.62. The van der Waals surface area contributed by atoms with Crippen molar-refractivity contribution in [3.05, 3.63) is 36.0 Å².